The quantitative estimate of drug-likeness (QED) is 0.852. The first-order valence-electron chi connectivity index (χ1n) is 8.33. The summed E-state index contributed by atoms with van der Waals surface area (Å²) >= 11 is 0. The van der Waals surface area contributed by atoms with Gasteiger partial charge in [0.05, 0.1) is 0 Å². The molecule has 0 spiro atoms. The first kappa shape index (κ1) is 14.6. The molecule has 1 unspecified atom stereocenters. The molecule has 2 heterocycles. The number of piperidine rings is 1. The van der Waals surface area contributed by atoms with E-state index in [2.05, 4.69) is 24.0 Å². The highest BCUT2D eigenvalue weighted by Crippen LogP contribution is 2.19. The minimum absolute atomic E-state index is 0.203. The van der Waals surface area contributed by atoms with Crippen LogP contribution in [0.2, 0.25) is 0 Å². The summed E-state index contributed by atoms with van der Waals surface area (Å²) in [5.74, 6) is 0.839. The second-order valence-corrected chi connectivity index (χ2v) is 6.68. The number of amides is 1. The number of carbonyl (C=O) groups is 1. The molecule has 1 aromatic carbocycles. The average Bonchev–Trinajstić information content (AvgIpc) is 3.00. The fraction of sp³-hybridized carbons (Fsp3) is 0.611. The molecule has 0 bridgehead atoms. The van der Waals surface area contributed by atoms with Gasteiger partial charge in [0.25, 0.3) is 5.91 Å². The smallest absolute Gasteiger partial charge is 0.253 e. The van der Waals surface area contributed by atoms with Gasteiger partial charge in [-0.25, -0.2) is 0 Å². The van der Waals surface area contributed by atoms with Crippen molar-refractivity contribution in [3.63, 3.8) is 0 Å². The molecule has 0 aliphatic carbocycles. The Labute approximate surface area is 127 Å². The summed E-state index contributed by atoms with van der Waals surface area (Å²) in [4.78, 5) is 17.0. The maximum Gasteiger partial charge on any atom is 0.253 e. The third kappa shape index (κ3) is 3.65. The molecule has 2 fully saturated rings. The molecular formula is C18H26N2O. The van der Waals surface area contributed by atoms with Crippen molar-refractivity contribution in [2.45, 2.75) is 39.2 Å². The Morgan fingerprint density at radius 2 is 1.81 bits per heavy atom. The zero-order valence-electron chi connectivity index (χ0n) is 13.1. The summed E-state index contributed by atoms with van der Waals surface area (Å²) in [6.45, 7) is 7.51. The molecule has 0 radical (unpaired) electrons. The average molecular weight is 286 g/mol. The van der Waals surface area contributed by atoms with Crippen LogP contribution in [-0.2, 0) is 6.54 Å². The Morgan fingerprint density at radius 1 is 1.10 bits per heavy atom. The lowest BCUT2D eigenvalue weighted by Gasteiger charge is -2.31. The van der Waals surface area contributed by atoms with Gasteiger partial charge in [0, 0.05) is 25.2 Å². The normalized spacial score (nSPS) is 23.5. The van der Waals surface area contributed by atoms with E-state index in [9.17, 15) is 4.79 Å². The van der Waals surface area contributed by atoms with E-state index >= 15 is 0 Å². The van der Waals surface area contributed by atoms with Crippen LogP contribution in [0.25, 0.3) is 0 Å². The maximum absolute atomic E-state index is 12.5. The summed E-state index contributed by atoms with van der Waals surface area (Å²) in [7, 11) is 0. The van der Waals surface area contributed by atoms with Crippen molar-refractivity contribution in [2.24, 2.45) is 5.92 Å². The number of benzene rings is 1. The molecule has 0 aromatic heterocycles. The second-order valence-electron chi connectivity index (χ2n) is 6.68. The predicted molar refractivity (Wildman–Crippen MR) is 85.3 cm³/mol. The van der Waals surface area contributed by atoms with Gasteiger partial charge in [-0.15, -0.1) is 0 Å². The van der Waals surface area contributed by atoms with Gasteiger partial charge in [-0.2, -0.15) is 0 Å². The highest BCUT2D eigenvalue weighted by atomic mass is 16.2. The van der Waals surface area contributed by atoms with Gasteiger partial charge in [-0.05, 0) is 62.4 Å². The van der Waals surface area contributed by atoms with Gasteiger partial charge in [0.15, 0.2) is 0 Å². The van der Waals surface area contributed by atoms with Gasteiger partial charge in [0.2, 0.25) is 0 Å². The number of hydrogen-bond acceptors (Lipinski definition) is 2. The van der Waals surface area contributed by atoms with E-state index in [1.165, 1.54) is 37.9 Å². The Bertz CT molecular complexity index is 476. The van der Waals surface area contributed by atoms with Crippen molar-refractivity contribution in [1.29, 1.82) is 0 Å². The molecule has 3 heteroatoms. The molecule has 1 atom stereocenters. The lowest BCUT2D eigenvalue weighted by Crippen LogP contribution is -2.39. The maximum atomic E-state index is 12.5. The van der Waals surface area contributed by atoms with Crippen molar-refractivity contribution in [3.05, 3.63) is 35.4 Å². The fourth-order valence-corrected chi connectivity index (χ4v) is 3.51. The Kier molecular flexibility index (Phi) is 4.59. The zero-order chi connectivity index (χ0) is 14.7. The van der Waals surface area contributed by atoms with Gasteiger partial charge >= 0.3 is 0 Å². The largest absolute Gasteiger partial charge is 0.338 e. The van der Waals surface area contributed by atoms with Crippen LogP contribution in [0, 0.1) is 5.92 Å². The molecule has 1 aromatic rings. The van der Waals surface area contributed by atoms with E-state index in [4.69, 9.17) is 0 Å². The number of nitrogens with zero attached hydrogens (tertiary/aromatic N) is 2. The van der Waals surface area contributed by atoms with Gasteiger partial charge < -0.3 is 4.90 Å². The summed E-state index contributed by atoms with van der Waals surface area (Å²) in [6.07, 6.45) is 5.03. The van der Waals surface area contributed by atoms with Crippen molar-refractivity contribution in [2.75, 3.05) is 26.2 Å². The standard InChI is InChI=1S/C18H26N2O/c1-15-5-4-12-20(13-15)18(21)17-8-6-16(7-9-17)14-19-10-2-3-11-19/h6-9,15H,2-5,10-14H2,1H3. The lowest BCUT2D eigenvalue weighted by molar-refractivity contribution is 0.0683. The monoisotopic (exact) mass is 286 g/mol. The molecule has 114 valence electrons. The molecular weight excluding hydrogens is 260 g/mol. The van der Waals surface area contributed by atoms with E-state index in [0.717, 1.165) is 31.6 Å². The van der Waals surface area contributed by atoms with Gasteiger partial charge in [0.1, 0.15) is 0 Å². The molecule has 1 amide bonds. The summed E-state index contributed by atoms with van der Waals surface area (Å²) in [5.41, 5.74) is 2.16. The van der Waals surface area contributed by atoms with E-state index in [0.29, 0.717) is 5.92 Å². The molecule has 0 saturated carbocycles. The van der Waals surface area contributed by atoms with Crippen LogP contribution in [0.5, 0.6) is 0 Å². The molecule has 21 heavy (non-hydrogen) atoms. The molecule has 3 nitrogen and oxygen atoms in total. The number of carbonyl (C=O) groups excluding carboxylic acids is 1. The minimum atomic E-state index is 0.203. The Balaban J connectivity index is 1.61. The molecule has 2 aliphatic heterocycles. The zero-order valence-corrected chi connectivity index (χ0v) is 13.1. The van der Waals surface area contributed by atoms with E-state index in [1.807, 2.05) is 17.0 Å². The summed E-state index contributed by atoms with van der Waals surface area (Å²) < 4.78 is 0. The van der Waals surface area contributed by atoms with Crippen LogP contribution in [0.1, 0.15) is 48.5 Å². The molecule has 3 rings (SSSR count). The van der Waals surface area contributed by atoms with Crippen LogP contribution in [0.4, 0.5) is 0 Å². The predicted octanol–water partition coefficient (Wildman–Crippen LogP) is 3.15. The van der Waals surface area contributed by atoms with Crippen molar-refractivity contribution in [1.82, 2.24) is 9.80 Å². The summed E-state index contributed by atoms with van der Waals surface area (Å²) in [6, 6.07) is 8.26. The van der Waals surface area contributed by atoms with Crippen LogP contribution >= 0.6 is 0 Å². The lowest BCUT2D eigenvalue weighted by atomic mass is 9.99. The van der Waals surface area contributed by atoms with Crippen LogP contribution < -0.4 is 0 Å². The van der Waals surface area contributed by atoms with E-state index in [1.54, 1.807) is 0 Å². The Morgan fingerprint density at radius 3 is 2.48 bits per heavy atom. The molecule has 2 aliphatic rings. The van der Waals surface area contributed by atoms with Crippen molar-refractivity contribution in [3.8, 4) is 0 Å². The van der Waals surface area contributed by atoms with Crippen molar-refractivity contribution < 1.29 is 4.79 Å². The first-order valence-corrected chi connectivity index (χ1v) is 8.33. The van der Waals surface area contributed by atoms with Crippen LogP contribution in [-0.4, -0.2) is 41.9 Å². The third-order valence-corrected chi connectivity index (χ3v) is 4.75. The van der Waals surface area contributed by atoms with Crippen LogP contribution in [0.3, 0.4) is 0 Å². The summed E-state index contributed by atoms with van der Waals surface area (Å²) in [5, 5.41) is 0. The van der Waals surface area contributed by atoms with Crippen molar-refractivity contribution >= 4 is 5.91 Å². The van der Waals surface area contributed by atoms with E-state index < -0.39 is 0 Å². The SMILES string of the molecule is CC1CCCN(C(=O)c2ccc(CN3CCCC3)cc2)C1. The van der Waals surface area contributed by atoms with E-state index in [-0.39, 0.29) is 5.91 Å². The Hall–Kier alpha value is -1.35. The molecule has 0 N–H and O–H groups in total. The van der Waals surface area contributed by atoms with Crippen LogP contribution in [0.15, 0.2) is 24.3 Å². The number of hydrogen-bond donors (Lipinski definition) is 0. The number of rotatable bonds is 3. The highest BCUT2D eigenvalue weighted by Gasteiger charge is 2.22. The second kappa shape index (κ2) is 6.61. The van der Waals surface area contributed by atoms with Gasteiger partial charge in [-0.1, -0.05) is 19.1 Å². The third-order valence-electron chi connectivity index (χ3n) is 4.75. The number of likely N-dealkylation sites (tertiary alicyclic amines) is 2. The first-order chi connectivity index (χ1) is 10.2. The topological polar surface area (TPSA) is 23.6 Å². The highest BCUT2D eigenvalue weighted by molar-refractivity contribution is 5.94. The molecule has 2 saturated heterocycles. The minimum Gasteiger partial charge on any atom is -0.338 e. The fourth-order valence-electron chi connectivity index (χ4n) is 3.51. The van der Waals surface area contributed by atoms with Gasteiger partial charge in [-0.3, -0.25) is 9.69 Å².